The lowest BCUT2D eigenvalue weighted by atomic mass is 10.1. The summed E-state index contributed by atoms with van der Waals surface area (Å²) in [5, 5.41) is 0. The Morgan fingerprint density at radius 1 is 1.39 bits per heavy atom. The fraction of sp³-hybridized carbons (Fsp3) is 0.417. The molecule has 18 heavy (non-hydrogen) atoms. The van der Waals surface area contributed by atoms with Crippen LogP contribution in [-0.4, -0.2) is 23.9 Å². The first kappa shape index (κ1) is 13.4. The predicted octanol–water partition coefficient (Wildman–Crippen LogP) is 3.70. The van der Waals surface area contributed by atoms with Gasteiger partial charge in [-0.3, -0.25) is 4.79 Å². The Balaban J connectivity index is 2.40. The molecule has 0 aliphatic heterocycles. The van der Waals surface area contributed by atoms with Gasteiger partial charge in [-0.1, -0.05) is 15.9 Å². The van der Waals surface area contributed by atoms with Gasteiger partial charge in [0.05, 0.1) is 11.1 Å². The smallest absolute Gasteiger partial charge is 0.339 e. The minimum absolute atomic E-state index is 0.0854. The van der Waals surface area contributed by atoms with Crippen LogP contribution in [-0.2, 0) is 6.18 Å². The molecule has 0 radical (unpaired) electrons. The molecule has 0 bridgehead atoms. The third-order valence-electron chi connectivity index (χ3n) is 2.93. The van der Waals surface area contributed by atoms with Crippen molar-refractivity contribution in [3.63, 3.8) is 0 Å². The quantitative estimate of drug-likeness (QED) is 0.813. The molecule has 1 aromatic rings. The first-order valence-electron chi connectivity index (χ1n) is 5.44. The largest absolute Gasteiger partial charge is 0.417 e. The number of hydrogen-bond acceptors (Lipinski definition) is 1. The average Bonchev–Trinajstić information content (AvgIpc) is 3.09. The molecule has 98 valence electrons. The SMILES string of the molecule is CN(C(=O)c1ccc(Br)cc1C(F)(F)F)C1CC1. The Morgan fingerprint density at radius 3 is 2.50 bits per heavy atom. The van der Waals surface area contributed by atoms with Crippen molar-refractivity contribution < 1.29 is 18.0 Å². The van der Waals surface area contributed by atoms with Gasteiger partial charge >= 0.3 is 6.18 Å². The van der Waals surface area contributed by atoms with E-state index in [4.69, 9.17) is 0 Å². The molecule has 0 unspecified atom stereocenters. The minimum atomic E-state index is -4.53. The summed E-state index contributed by atoms with van der Waals surface area (Å²) >= 11 is 2.99. The van der Waals surface area contributed by atoms with Gasteiger partial charge in [-0.05, 0) is 31.0 Å². The number of nitrogens with zero attached hydrogens (tertiary/aromatic N) is 1. The summed E-state index contributed by atoms with van der Waals surface area (Å²) in [5.74, 6) is -0.572. The van der Waals surface area contributed by atoms with E-state index in [1.807, 2.05) is 0 Å². The maximum atomic E-state index is 12.9. The van der Waals surface area contributed by atoms with Crippen LogP contribution in [0.5, 0.6) is 0 Å². The maximum absolute atomic E-state index is 12.9. The van der Waals surface area contributed by atoms with Crippen molar-refractivity contribution in [1.82, 2.24) is 4.90 Å². The molecule has 0 aromatic heterocycles. The van der Waals surface area contributed by atoms with Crippen LogP contribution in [0, 0.1) is 0 Å². The fourth-order valence-corrected chi connectivity index (χ4v) is 2.12. The van der Waals surface area contributed by atoms with E-state index in [0.717, 1.165) is 18.9 Å². The standard InChI is InChI=1S/C12H11BrF3NO/c1-17(8-3-4-8)11(18)9-5-2-7(13)6-10(9)12(14,15)16/h2,5-6,8H,3-4H2,1H3. The van der Waals surface area contributed by atoms with E-state index < -0.39 is 17.6 Å². The van der Waals surface area contributed by atoms with Gasteiger partial charge < -0.3 is 4.90 Å². The number of halogens is 4. The second kappa shape index (κ2) is 4.57. The Labute approximate surface area is 111 Å². The molecular formula is C12H11BrF3NO. The fourth-order valence-electron chi connectivity index (χ4n) is 1.76. The van der Waals surface area contributed by atoms with Gasteiger partial charge in [0.15, 0.2) is 0 Å². The molecule has 1 aliphatic carbocycles. The number of carbonyl (C=O) groups excluding carboxylic acids is 1. The van der Waals surface area contributed by atoms with Gasteiger partial charge in [-0.15, -0.1) is 0 Å². The molecule has 0 atom stereocenters. The summed E-state index contributed by atoms with van der Waals surface area (Å²) in [6.07, 6.45) is -2.81. The molecule has 1 amide bonds. The second-order valence-corrected chi connectivity index (χ2v) is 5.25. The van der Waals surface area contributed by atoms with Gasteiger partial charge in [0, 0.05) is 17.6 Å². The Bertz CT molecular complexity index is 483. The third kappa shape index (κ3) is 2.68. The lowest BCUT2D eigenvalue weighted by molar-refractivity contribution is -0.138. The molecule has 6 heteroatoms. The van der Waals surface area contributed by atoms with Crippen LogP contribution in [0.1, 0.15) is 28.8 Å². The summed E-state index contributed by atoms with van der Waals surface area (Å²) in [7, 11) is 1.54. The van der Waals surface area contributed by atoms with Crippen molar-refractivity contribution in [2.45, 2.75) is 25.1 Å². The van der Waals surface area contributed by atoms with Crippen LogP contribution in [0.2, 0.25) is 0 Å². The van der Waals surface area contributed by atoms with Gasteiger partial charge in [0.25, 0.3) is 5.91 Å². The van der Waals surface area contributed by atoms with Gasteiger partial charge in [-0.2, -0.15) is 13.2 Å². The van der Waals surface area contributed by atoms with E-state index in [1.165, 1.54) is 17.0 Å². The summed E-state index contributed by atoms with van der Waals surface area (Å²) < 4.78 is 38.9. The van der Waals surface area contributed by atoms with E-state index >= 15 is 0 Å². The van der Waals surface area contributed by atoms with Gasteiger partial charge in [0.2, 0.25) is 0 Å². The van der Waals surface area contributed by atoms with Gasteiger partial charge in [-0.25, -0.2) is 0 Å². The maximum Gasteiger partial charge on any atom is 0.417 e. The van der Waals surface area contributed by atoms with Crippen molar-refractivity contribution in [3.05, 3.63) is 33.8 Å². The van der Waals surface area contributed by atoms with Crippen molar-refractivity contribution in [3.8, 4) is 0 Å². The first-order chi connectivity index (χ1) is 8.30. The Morgan fingerprint density at radius 2 is 2.00 bits per heavy atom. The zero-order valence-electron chi connectivity index (χ0n) is 9.59. The van der Waals surface area contributed by atoms with E-state index in [2.05, 4.69) is 15.9 Å². The molecule has 1 aliphatic rings. The van der Waals surface area contributed by atoms with Crippen molar-refractivity contribution in [1.29, 1.82) is 0 Å². The Hall–Kier alpha value is -1.04. The topological polar surface area (TPSA) is 20.3 Å². The number of amides is 1. The summed E-state index contributed by atoms with van der Waals surface area (Å²) in [6.45, 7) is 0. The van der Waals surface area contributed by atoms with Crippen LogP contribution in [0.15, 0.2) is 22.7 Å². The number of hydrogen-bond donors (Lipinski definition) is 0. The second-order valence-electron chi connectivity index (χ2n) is 4.33. The molecule has 2 nitrogen and oxygen atoms in total. The summed E-state index contributed by atoms with van der Waals surface area (Å²) in [4.78, 5) is 13.4. The van der Waals surface area contributed by atoms with Crippen LogP contribution in [0.3, 0.4) is 0 Å². The predicted molar refractivity (Wildman–Crippen MR) is 64.3 cm³/mol. The van der Waals surface area contributed by atoms with Crippen molar-refractivity contribution in [2.24, 2.45) is 0 Å². The molecule has 2 rings (SSSR count). The van der Waals surface area contributed by atoms with E-state index in [-0.39, 0.29) is 11.6 Å². The number of carbonyl (C=O) groups is 1. The van der Waals surface area contributed by atoms with Gasteiger partial charge in [0.1, 0.15) is 0 Å². The van der Waals surface area contributed by atoms with Crippen molar-refractivity contribution >= 4 is 21.8 Å². The molecule has 0 N–H and O–H groups in total. The highest BCUT2D eigenvalue weighted by atomic mass is 79.9. The molecule has 0 spiro atoms. The van der Waals surface area contributed by atoms with Crippen molar-refractivity contribution in [2.75, 3.05) is 7.05 Å². The number of alkyl halides is 3. The monoisotopic (exact) mass is 321 g/mol. The lowest BCUT2D eigenvalue weighted by Crippen LogP contribution is -2.30. The average molecular weight is 322 g/mol. The van der Waals surface area contributed by atoms with Crippen LogP contribution >= 0.6 is 15.9 Å². The zero-order valence-corrected chi connectivity index (χ0v) is 11.2. The lowest BCUT2D eigenvalue weighted by Gasteiger charge is -2.19. The summed E-state index contributed by atoms with van der Waals surface area (Å²) in [5.41, 5.74) is -1.19. The third-order valence-corrected chi connectivity index (χ3v) is 3.43. The van der Waals surface area contributed by atoms with Crippen LogP contribution in [0.25, 0.3) is 0 Å². The zero-order chi connectivity index (χ0) is 13.5. The molecule has 0 saturated heterocycles. The Kier molecular flexibility index (Phi) is 3.40. The van der Waals surface area contributed by atoms with Crippen LogP contribution in [0.4, 0.5) is 13.2 Å². The first-order valence-corrected chi connectivity index (χ1v) is 6.24. The molecule has 1 fully saturated rings. The van der Waals surface area contributed by atoms with E-state index in [0.29, 0.717) is 4.47 Å². The highest BCUT2D eigenvalue weighted by Gasteiger charge is 2.38. The molecular weight excluding hydrogens is 311 g/mol. The highest BCUT2D eigenvalue weighted by molar-refractivity contribution is 9.10. The van der Waals surface area contributed by atoms with E-state index in [1.54, 1.807) is 7.05 Å². The van der Waals surface area contributed by atoms with Crippen LogP contribution < -0.4 is 0 Å². The number of rotatable bonds is 2. The molecule has 1 aromatic carbocycles. The normalized spacial score (nSPS) is 15.6. The highest BCUT2D eigenvalue weighted by Crippen LogP contribution is 2.35. The van der Waals surface area contributed by atoms with E-state index in [9.17, 15) is 18.0 Å². The molecule has 0 heterocycles. The molecule has 1 saturated carbocycles. The minimum Gasteiger partial charge on any atom is -0.339 e. The summed E-state index contributed by atoms with van der Waals surface area (Å²) in [6, 6.07) is 3.69. The number of benzene rings is 1.